The zero-order valence-corrected chi connectivity index (χ0v) is 18.3. The maximum absolute atomic E-state index is 13.0. The molecular weight excluding hydrogens is 432 g/mol. The van der Waals surface area contributed by atoms with Crippen LogP contribution < -0.4 is 9.47 Å². The molecule has 0 aliphatic carbocycles. The molecule has 0 radical (unpaired) electrons. The Bertz CT molecular complexity index is 945. The van der Waals surface area contributed by atoms with Gasteiger partial charge in [-0.15, -0.1) is 11.8 Å². The molecule has 0 saturated carbocycles. The van der Waals surface area contributed by atoms with Crippen LogP contribution in [-0.4, -0.2) is 69.3 Å². The predicted molar refractivity (Wildman–Crippen MR) is 115 cm³/mol. The molecule has 1 saturated heterocycles. The molecule has 4 rings (SSSR count). The van der Waals surface area contributed by atoms with Gasteiger partial charge in [-0.25, -0.2) is 8.42 Å². The summed E-state index contributed by atoms with van der Waals surface area (Å²) in [5.41, 5.74) is 0. The Balaban J connectivity index is 1.30. The predicted octanol–water partition coefficient (Wildman–Crippen LogP) is 3.21. The highest BCUT2D eigenvalue weighted by atomic mass is 35.5. The zero-order valence-electron chi connectivity index (χ0n) is 15.9. The van der Waals surface area contributed by atoms with Crippen LogP contribution in [0.5, 0.6) is 11.5 Å². The van der Waals surface area contributed by atoms with E-state index >= 15 is 0 Å². The number of nitrogens with zero attached hydrogens (tertiary/aromatic N) is 2. The third-order valence-electron chi connectivity index (χ3n) is 4.97. The topological polar surface area (TPSA) is 59.1 Å². The minimum absolute atomic E-state index is 0.258. The smallest absolute Gasteiger partial charge is 0.243 e. The highest BCUT2D eigenvalue weighted by Gasteiger charge is 2.29. The van der Waals surface area contributed by atoms with Crippen molar-refractivity contribution >= 4 is 33.4 Å². The molecule has 0 amide bonds. The lowest BCUT2D eigenvalue weighted by molar-refractivity contribution is 0.171. The van der Waals surface area contributed by atoms with Gasteiger partial charge in [-0.05, 0) is 36.4 Å². The van der Waals surface area contributed by atoms with Crippen LogP contribution in [0.25, 0.3) is 0 Å². The van der Waals surface area contributed by atoms with Gasteiger partial charge in [0.15, 0.2) is 11.5 Å². The lowest BCUT2D eigenvalue weighted by atomic mass is 10.3. The standard InChI is InChI=1S/C20H23ClN2O4S2/c21-16-1-3-17(4-2-16)28-14-11-22-7-9-23(10-8-22)29(24,25)18-5-6-19-20(15-18)27-13-12-26-19/h1-6,15H,7-14H2. The first kappa shape index (κ1) is 20.8. The van der Waals surface area contributed by atoms with E-state index in [1.54, 1.807) is 34.3 Å². The molecule has 0 bridgehead atoms. The summed E-state index contributed by atoms with van der Waals surface area (Å²) in [6, 6.07) is 12.7. The normalized spacial score (nSPS) is 18.0. The second-order valence-electron chi connectivity index (χ2n) is 6.85. The van der Waals surface area contributed by atoms with Crippen molar-refractivity contribution in [1.82, 2.24) is 9.21 Å². The third kappa shape index (κ3) is 5.00. The van der Waals surface area contributed by atoms with Crippen LogP contribution in [-0.2, 0) is 10.0 Å². The molecule has 0 spiro atoms. The van der Waals surface area contributed by atoms with Crippen LogP contribution in [0, 0.1) is 0 Å². The van der Waals surface area contributed by atoms with Crippen LogP contribution in [0.4, 0.5) is 0 Å². The summed E-state index contributed by atoms with van der Waals surface area (Å²) in [6.45, 7) is 4.27. The van der Waals surface area contributed by atoms with E-state index in [0.29, 0.717) is 37.8 Å². The molecule has 0 unspecified atom stereocenters. The van der Waals surface area contributed by atoms with Gasteiger partial charge >= 0.3 is 0 Å². The summed E-state index contributed by atoms with van der Waals surface area (Å²) >= 11 is 7.69. The largest absolute Gasteiger partial charge is 0.486 e. The molecule has 9 heteroatoms. The van der Waals surface area contributed by atoms with Gasteiger partial charge in [0.25, 0.3) is 0 Å². The Morgan fingerprint density at radius 3 is 2.34 bits per heavy atom. The zero-order chi connectivity index (χ0) is 20.3. The Labute approximate surface area is 180 Å². The average Bonchev–Trinajstić information content (AvgIpc) is 2.75. The fourth-order valence-electron chi connectivity index (χ4n) is 3.35. The number of rotatable bonds is 6. The van der Waals surface area contributed by atoms with Gasteiger partial charge in [-0.2, -0.15) is 4.31 Å². The molecule has 2 aliphatic heterocycles. The molecule has 0 aromatic heterocycles. The highest BCUT2D eigenvalue weighted by molar-refractivity contribution is 7.99. The van der Waals surface area contributed by atoms with Crippen LogP contribution >= 0.6 is 23.4 Å². The van der Waals surface area contributed by atoms with Gasteiger partial charge in [-0.1, -0.05) is 11.6 Å². The second kappa shape index (κ2) is 9.14. The van der Waals surface area contributed by atoms with Gasteiger partial charge < -0.3 is 9.47 Å². The molecule has 2 aliphatic rings. The van der Waals surface area contributed by atoms with Crippen LogP contribution in [0.1, 0.15) is 0 Å². The molecule has 0 atom stereocenters. The molecule has 1 fully saturated rings. The first-order valence-electron chi connectivity index (χ1n) is 9.53. The molecule has 2 aromatic carbocycles. The van der Waals surface area contributed by atoms with Gasteiger partial charge in [0.2, 0.25) is 10.0 Å². The minimum Gasteiger partial charge on any atom is -0.486 e. The van der Waals surface area contributed by atoms with Crippen molar-refractivity contribution in [2.75, 3.05) is 51.7 Å². The fraction of sp³-hybridized carbons (Fsp3) is 0.400. The van der Waals surface area contributed by atoms with Crippen molar-refractivity contribution in [2.24, 2.45) is 0 Å². The number of hydrogen-bond acceptors (Lipinski definition) is 6. The van der Waals surface area contributed by atoms with Gasteiger partial charge in [-0.3, -0.25) is 4.90 Å². The van der Waals surface area contributed by atoms with Crippen molar-refractivity contribution in [3.63, 3.8) is 0 Å². The number of ether oxygens (including phenoxy) is 2. The van der Waals surface area contributed by atoms with Crippen molar-refractivity contribution in [1.29, 1.82) is 0 Å². The quantitative estimate of drug-likeness (QED) is 0.625. The summed E-state index contributed by atoms with van der Waals surface area (Å²) in [4.78, 5) is 3.75. The van der Waals surface area contributed by atoms with Crippen LogP contribution in [0.15, 0.2) is 52.3 Å². The maximum Gasteiger partial charge on any atom is 0.243 e. The number of benzene rings is 2. The van der Waals surface area contributed by atoms with Gasteiger partial charge in [0.1, 0.15) is 13.2 Å². The van der Waals surface area contributed by atoms with Crippen molar-refractivity contribution in [3.05, 3.63) is 47.5 Å². The number of fused-ring (bicyclic) bond motifs is 1. The van der Waals surface area contributed by atoms with E-state index < -0.39 is 10.0 Å². The summed E-state index contributed by atoms with van der Waals surface area (Å²) in [7, 11) is -3.53. The summed E-state index contributed by atoms with van der Waals surface area (Å²) in [5, 5.41) is 0.740. The number of sulfonamides is 1. The number of thioether (sulfide) groups is 1. The summed E-state index contributed by atoms with van der Waals surface area (Å²) in [5.74, 6) is 2.05. The second-order valence-corrected chi connectivity index (χ2v) is 10.4. The summed E-state index contributed by atoms with van der Waals surface area (Å²) < 4.78 is 38.6. The van der Waals surface area contributed by atoms with Crippen molar-refractivity contribution < 1.29 is 17.9 Å². The van der Waals surface area contributed by atoms with E-state index in [1.807, 2.05) is 24.3 Å². The van der Waals surface area contributed by atoms with E-state index in [1.165, 1.54) is 4.90 Å². The Morgan fingerprint density at radius 1 is 0.931 bits per heavy atom. The van der Waals surface area contributed by atoms with E-state index in [-0.39, 0.29) is 4.90 Å². The van der Waals surface area contributed by atoms with Crippen molar-refractivity contribution in [3.8, 4) is 11.5 Å². The number of hydrogen-bond donors (Lipinski definition) is 0. The average molecular weight is 455 g/mol. The molecule has 6 nitrogen and oxygen atoms in total. The van der Waals surface area contributed by atoms with E-state index in [4.69, 9.17) is 21.1 Å². The van der Waals surface area contributed by atoms with Crippen molar-refractivity contribution in [2.45, 2.75) is 9.79 Å². The van der Waals surface area contributed by atoms with Crippen LogP contribution in [0.3, 0.4) is 0 Å². The third-order valence-corrected chi connectivity index (χ3v) is 8.11. The fourth-order valence-corrected chi connectivity index (χ4v) is 5.83. The van der Waals surface area contributed by atoms with E-state index in [0.717, 1.165) is 30.4 Å². The summed E-state index contributed by atoms with van der Waals surface area (Å²) in [6.07, 6.45) is 0. The Morgan fingerprint density at radius 2 is 1.62 bits per heavy atom. The number of piperazine rings is 1. The SMILES string of the molecule is O=S(=O)(c1ccc2c(c1)OCCO2)N1CCN(CCSc2ccc(Cl)cc2)CC1. The van der Waals surface area contributed by atoms with Gasteiger partial charge in [0.05, 0.1) is 4.90 Å². The molecular formula is C20H23ClN2O4S2. The molecule has 2 heterocycles. The maximum atomic E-state index is 13.0. The van der Waals surface area contributed by atoms with E-state index in [2.05, 4.69) is 4.90 Å². The lowest BCUT2D eigenvalue weighted by Crippen LogP contribution is -2.49. The monoisotopic (exact) mass is 454 g/mol. The lowest BCUT2D eigenvalue weighted by Gasteiger charge is -2.34. The Hall–Kier alpha value is -1.45. The Kier molecular flexibility index (Phi) is 6.56. The van der Waals surface area contributed by atoms with Crippen LogP contribution in [0.2, 0.25) is 5.02 Å². The van der Waals surface area contributed by atoms with E-state index in [9.17, 15) is 8.42 Å². The first-order chi connectivity index (χ1) is 14.0. The molecule has 0 N–H and O–H groups in total. The minimum atomic E-state index is -3.53. The highest BCUT2D eigenvalue weighted by Crippen LogP contribution is 2.33. The first-order valence-corrected chi connectivity index (χ1v) is 12.3. The molecule has 29 heavy (non-hydrogen) atoms. The van der Waals surface area contributed by atoms with Gasteiger partial charge in [0, 0.05) is 54.5 Å². The molecule has 156 valence electrons. The number of halogens is 1. The molecule has 2 aromatic rings.